The van der Waals surface area contributed by atoms with Gasteiger partial charge in [0.2, 0.25) is 0 Å². The molecule has 0 saturated heterocycles. The molecule has 0 fully saturated rings. The highest BCUT2D eigenvalue weighted by Crippen LogP contribution is 2.29. The van der Waals surface area contributed by atoms with E-state index < -0.39 is 15.1 Å². The van der Waals surface area contributed by atoms with Gasteiger partial charge < -0.3 is 4.79 Å². The zero-order valence-electron chi connectivity index (χ0n) is 18.3. The van der Waals surface area contributed by atoms with Crippen LogP contribution < -0.4 is 15.6 Å². The standard InChI is InChI=1S/C22H24N4O4S4/c1-31-11-9-18(14-27)24-25-21(28)19-8-7-16(13-20(19)17-5-3-2-4-6-17)15-33-34(29,30)26-22-23-10-12-32-22/h2-8,10,12-14,18,24H,9,11,15H2,1H3,(H,23,26)(H,25,28)/t18-/m1/s1. The Bertz CT molecular complexity index is 1190. The van der Waals surface area contributed by atoms with Gasteiger partial charge in [-0.05, 0) is 58.0 Å². The van der Waals surface area contributed by atoms with E-state index in [1.807, 2.05) is 36.6 Å². The highest BCUT2D eigenvalue weighted by Gasteiger charge is 2.17. The smallest absolute Gasteiger partial charge is 0.288 e. The zero-order valence-corrected chi connectivity index (χ0v) is 21.5. The summed E-state index contributed by atoms with van der Waals surface area (Å²) < 4.78 is 27.2. The monoisotopic (exact) mass is 536 g/mol. The number of nitrogens with zero attached hydrogens (tertiary/aromatic N) is 1. The first-order valence-corrected chi connectivity index (χ1v) is 15.4. The number of aromatic nitrogens is 1. The van der Waals surface area contributed by atoms with Crippen LogP contribution in [0.5, 0.6) is 0 Å². The number of anilines is 1. The normalized spacial score (nSPS) is 12.1. The predicted octanol–water partition coefficient (Wildman–Crippen LogP) is 3.96. The number of aldehydes is 1. The summed E-state index contributed by atoms with van der Waals surface area (Å²) in [7, 11) is -2.90. The topological polar surface area (TPSA) is 117 Å². The van der Waals surface area contributed by atoms with Gasteiger partial charge in [-0.3, -0.25) is 10.2 Å². The molecule has 0 radical (unpaired) electrons. The van der Waals surface area contributed by atoms with E-state index in [4.69, 9.17) is 0 Å². The number of hydrazine groups is 1. The van der Waals surface area contributed by atoms with Gasteiger partial charge in [0, 0.05) is 22.9 Å². The average Bonchev–Trinajstić information content (AvgIpc) is 3.35. The molecule has 0 unspecified atom stereocenters. The summed E-state index contributed by atoms with van der Waals surface area (Å²) in [6.07, 6.45) is 4.84. The minimum atomic E-state index is -3.64. The van der Waals surface area contributed by atoms with E-state index in [0.717, 1.165) is 34.0 Å². The Labute approximate surface area is 210 Å². The number of thiazole rings is 1. The maximum atomic E-state index is 12.9. The summed E-state index contributed by atoms with van der Waals surface area (Å²) >= 11 is 2.82. The molecule has 0 spiro atoms. The fourth-order valence-electron chi connectivity index (χ4n) is 2.94. The Hall–Kier alpha value is -2.38. The first-order valence-electron chi connectivity index (χ1n) is 10.2. The van der Waals surface area contributed by atoms with Crippen molar-refractivity contribution in [1.82, 2.24) is 15.8 Å². The number of hydrogen-bond acceptors (Lipinski definition) is 9. The van der Waals surface area contributed by atoms with Crippen molar-refractivity contribution in [2.75, 3.05) is 16.7 Å². The summed E-state index contributed by atoms with van der Waals surface area (Å²) in [6, 6.07) is 14.1. The molecule has 0 aliphatic carbocycles. The molecule has 8 nitrogen and oxygen atoms in total. The van der Waals surface area contributed by atoms with Crippen LogP contribution in [0.1, 0.15) is 22.3 Å². The van der Waals surface area contributed by atoms with Crippen LogP contribution in [0.4, 0.5) is 5.13 Å². The highest BCUT2D eigenvalue weighted by atomic mass is 33.1. The molecule has 12 heteroatoms. The third-order valence-corrected chi connectivity index (χ3v) is 8.81. The van der Waals surface area contributed by atoms with Gasteiger partial charge in [-0.15, -0.1) is 11.3 Å². The number of carbonyl (C=O) groups excluding carboxylic acids is 2. The van der Waals surface area contributed by atoms with Crippen molar-refractivity contribution in [2.45, 2.75) is 18.2 Å². The molecule has 1 amide bonds. The maximum Gasteiger partial charge on any atom is 0.288 e. The molecule has 1 heterocycles. The van der Waals surface area contributed by atoms with E-state index in [-0.39, 0.29) is 11.7 Å². The molecule has 1 atom stereocenters. The van der Waals surface area contributed by atoms with E-state index in [1.54, 1.807) is 35.3 Å². The summed E-state index contributed by atoms with van der Waals surface area (Å²) in [5.41, 5.74) is 8.03. The second-order valence-corrected chi connectivity index (χ2v) is 12.6. The number of thioether (sulfide) groups is 1. The third-order valence-electron chi connectivity index (χ3n) is 4.61. The molecule has 0 saturated carbocycles. The second kappa shape index (κ2) is 12.9. The first-order chi connectivity index (χ1) is 16.4. The van der Waals surface area contributed by atoms with Crippen LogP contribution in [0.25, 0.3) is 11.1 Å². The Morgan fingerprint density at radius 2 is 2.00 bits per heavy atom. The fraction of sp³-hybridized carbons (Fsp3) is 0.227. The first kappa shape index (κ1) is 26.2. The molecule has 2 aromatic carbocycles. The van der Waals surface area contributed by atoms with E-state index in [2.05, 4.69) is 20.6 Å². The molecule has 0 aliphatic rings. The molecule has 3 N–H and O–H groups in total. The molecule has 0 bridgehead atoms. The predicted molar refractivity (Wildman–Crippen MR) is 141 cm³/mol. The lowest BCUT2D eigenvalue weighted by atomic mass is 9.97. The van der Waals surface area contributed by atoms with Gasteiger partial charge in [0.25, 0.3) is 15.0 Å². The fourth-order valence-corrected chi connectivity index (χ4v) is 6.56. The number of carbonyl (C=O) groups is 2. The lowest BCUT2D eigenvalue weighted by molar-refractivity contribution is -0.109. The van der Waals surface area contributed by atoms with Crippen LogP contribution in [-0.2, 0) is 19.6 Å². The minimum Gasteiger partial charge on any atom is -0.302 e. The molecule has 0 aliphatic heterocycles. The Kier molecular flexibility index (Phi) is 9.96. The van der Waals surface area contributed by atoms with Crippen molar-refractivity contribution < 1.29 is 18.0 Å². The largest absolute Gasteiger partial charge is 0.302 e. The maximum absolute atomic E-state index is 12.9. The molecule has 180 valence electrons. The van der Waals surface area contributed by atoms with Gasteiger partial charge >= 0.3 is 0 Å². The van der Waals surface area contributed by atoms with Crippen LogP contribution in [0.3, 0.4) is 0 Å². The lowest BCUT2D eigenvalue weighted by Gasteiger charge is -2.16. The summed E-state index contributed by atoms with van der Waals surface area (Å²) in [5.74, 6) is 0.587. The third kappa shape index (κ3) is 7.84. The van der Waals surface area contributed by atoms with Gasteiger partial charge in [-0.1, -0.05) is 36.4 Å². The van der Waals surface area contributed by atoms with Crippen molar-refractivity contribution in [3.05, 3.63) is 71.2 Å². The van der Waals surface area contributed by atoms with Gasteiger partial charge in [0.1, 0.15) is 6.29 Å². The number of rotatable bonds is 13. The summed E-state index contributed by atoms with van der Waals surface area (Å²) in [6.45, 7) is 0. The van der Waals surface area contributed by atoms with Crippen molar-refractivity contribution in [2.24, 2.45) is 0 Å². The molecule has 1 aromatic heterocycles. The van der Waals surface area contributed by atoms with Crippen molar-refractivity contribution in [1.29, 1.82) is 0 Å². The molecule has 3 aromatic rings. The van der Waals surface area contributed by atoms with E-state index in [9.17, 15) is 18.0 Å². The molecular formula is C22H24N4O4S4. The van der Waals surface area contributed by atoms with Crippen molar-refractivity contribution in [3.8, 4) is 11.1 Å². The highest BCUT2D eigenvalue weighted by molar-refractivity contribution is 8.72. The van der Waals surface area contributed by atoms with Crippen LogP contribution in [0, 0.1) is 0 Å². The lowest BCUT2D eigenvalue weighted by Crippen LogP contribution is -2.45. The number of hydrogen-bond donors (Lipinski definition) is 3. The van der Waals surface area contributed by atoms with Gasteiger partial charge in [0.15, 0.2) is 5.13 Å². The molecule has 3 rings (SSSR count). The van der Waals surface area contributed by atoms with Crippen LogP contribution in [0.2, 0.25) is 0 Å². The average molecular weight is 537 g/mol. The molecule has 34 heavy (non-hydrogen) atoms. The van der Waals surface area contributed by atoms with Crippen LogP contribution >= 0.6 is 33.9 Å². The number of nitrogens with one attached hydrogen (secondary N) is 3. The Balaban J connectivity index is 1.77. The van der Waals surface area contributed by atoms with Crippen molar-refractivity contribution in [3.63, 3.8) is 0 Å². The number of benzene rings is 2. The number of amides is 1. The van der Waals surface area contributed by atoms with Crippen LogP contribution in [-0.4, -0.2) is 43.6 Å². The van der Waals surface area contributed by atoms with Crippen LogP contribution in [0.15, 0.2) is 60.1 Å². The van der Waals surface area contributed by atoms with Crippen molar-refractivity contribution >= 4 is 60.3 Å². The summed E-state index contributed by atoms with van der Waals surface area (Å²) in [4.78, 5) is 28.1. The SMILES string of the molecule is CSCC[C@H](C=O)NNC(=O)c1ccc(CSS(=O)(=O)Nc2nccs2)cc1-c1ccccc1. The summed E-state index contributed by atoms with van der Waals surface area (Å²) in [5, 5.41) is 2.00. The minimum absolute atomic E-state index is 0.183. The Morgan fingerprint density at radius 1 is 1.21 bits per heavy atom. The second-order valence-electron chi connectivity index (χ2n) is 7.02. The van der Waals surface area contributed by atoms with E-state index >= 15 is 0 Å². The quantitative estimate of drug-likeness (QED) is 0.171. The Morgan fingerprint density at radius 3 is 2.68 bits per heavy atom. The molecular weight excluding hydrogens is 513 g/mol. The van der Waals surface area contributed by atoms with Gasteiger partial charge in [-0.25, -0.2) is 15.1 Å². The van der Waals surface area contributed by atoms with Gasteiger partial charge in [0.05, 0.1) is 6.04 Å². The zero-order chi connectivity index (χ0) is 24.4. The van der Waals surface area contributed by atoms with E-state index in [0.29, 0.717) is 22.7 Å². The van der Waals surface area contributed by atoms with E-state index in [1.165, 1.54) is 17.5 Å². The van der Waals surface area contributed by atoms with Gasteiger partial charge in [-0.2, -0.15) is 20.2 Å².